The van der Waals surface area contributed by atoms with Gasteiger partial charge in [-0.15, -0.1) is 11.3 Å². The molecule has 3 rings (SSSR count). The van der Waals surface area contributed by atoms with Gasteiger partial charge in [0, 0.05) is 30.4 Å². The van der Waals surface area contributed by atoms with Crippen molar-refractivity contribution in [3.8, 4) is 10.6 Å². The maximum Gasteiger partial charge on any atom is 0.193 e. The molecular weight excluding hydrogens is 300 g/mol. The van der Waals surface area contributed by atoms with Crippen LogP contribution in [0.4, 0.5) is 0 Å². The maximum absolute atomic E-state index is 6.15. The van der Waals surface area contributed by atoms with E-state index >= 15 is 0 Å². The van der Waals surface area contributed by atoms with Gasteiger partial charge in [0.25, 0.3) is 0 Å². The van der Waals surface area contributed by atoms with E-state index in [-0.39, 0.29) is 0 Å². The van der Waals surface area contributed by atoms with Crippen LogP contribution in [0, 0.1) is 0 Å². The van der Waals surface area contributed by atoms with E-state index in [0.717, 1.165) is 14.8 Å². The molecule has 0 amide bonds. The van der Waals surface area contributed by atoms with Gasteiger partial charge in [0.1, 0.15) is 9.22 Å². The Morgan fingerprint density at radius 1 is 1.11 bits per heavy atom. The molecule has 0 saturated heterocycles. The molecule has 7 heteroatoms. The Morgan fingerprint density at radius 3 is 2.68 bits per heavy atom. The topological polar surface area (TPSA) is 51.6 Å². The standard InChI is InChI=1S/C12H7ClN4S2/c13-9-11(19-12-15-5-2-6-16-12)18-10(17-9)8-3-1-4-14-7-8/h1-7H. The predicted octanol–water partition coefficient (Wildman–Crippen LogP) is 3.80. The largest absolute Gasteiger partial charge is 0.264 e. The van der Waals surface area contributed by atoms with Crippen LogP contribution < -0.4 is 0 Å². The molecule has 0 unspecified atom stereocenters. The third-order valence-electron chi connectivity index (χ3n) is 2.19. The Hall–Kier alpha value is -1.50. The Balaban J connectivity index is 1.90. The molecule has 0 spiro atoms. The zero-order valence-corrected chi connectivity index (χ0v) is 11.9. The molecule has 0 aliphatic heterocycles. The van der Waals surface area contributed by atoms with Gasteiger partial charge in [0.05, 0.1) is 0 Å². The van der Waals surface area contributed by atoms with Gasteiger partial charge in [0.2, 0.25) is 0 Å². The van der Waals surface area contributed by atoms with Crippen molar-refractivity contribution in [2.75, 3.05) is 0 Å². The van der Waals surface area contributed by atoms with Gasteiger partial charge in [-0.1, -0.05) is 11.6 Å². The number of hydrogen-bond acceptors (Lipinski definition) is 6. The van der Waals surface area contributed by atoms with E-state index in [9.17, 15) is 0 Å². The van der Waals surface area contributed by atoms with Crippen molar-refractivity contribution < 1.29 is 0 Å². The van der Waals surface area contributed by atoms with Crippen LogP contribution in [-0.2, 0) is 0 Å². The molecule has 0 atom stereocenters. The summed E-state index contributed by atoms with van der Waals surface area (Å²) < 4.78 is 0.881. The molecule has 4 nitrogen and oxygen atoms in total. The van der Waals surface area contributed by atoms with Crippen LogP contribution in [0.1, 0.15) is 0 Å². The first-order valence-electron chi connectivity index (χ1n) is 5.34. The third kappa shape index (κ3) is 2.91. The second kappa shape index (κ2) is 5.64. The molecule has 3 aromatic heterocycles. The summed E-state index contributed by atoms with van der Waals surface area (Å²) in [6.07, 6.45) is 6.90. The molecule has 3 aromatic rings. The minimum atomic E-state index is 0.473. The molecule has 3 heterocycles. The first-order chi connectivity index (χ1) is 9.33. The lowest BCUT2D eigenvalue weighted by Gasteiger charge is -1.94. The smallest absolute Gasteiger partial charge is 0.193 e. The van der Waals surface area contributed by atoms with Crippen molar-refractivity contribution in [1.82, 2.24) is 19.9 Å². The fourth-order valence-corrected chi connectivity index (χ4v) is 3.58. The van der Waals surface area contributed by atoms with Crippen molar-refractivity contribution in [1.29, 1.82) is 0 Å². The van der Waals surface area contributed by atoms with Crippen LogP contribution in [0.2, 0.25) is 5.15 Å². The number of hydrogen-bond donors (Lipinski definition) is 0. The average Bonchev–Trinajstić information content (AvgIpc) is 2.82. The van der Waals surface area contributed by atoms with Crippen molar-refractivity contribution in [2.24, 2.45) is 0 Å². The van der Waals surface area contributed by atoms with Gasteiger partial charge < -0.3 is 0 Å². The van der Waals surface area contributed by atoms with Crippen molar-refractivity contribution >= 4 is 34.7 Å². The van der Waals surface area contributed by atoms with E-state index in [1.54, 1.807) is 30.9 Å². The van der Waals surface area contributed by atoms with Gasteiger partial charge in [-0.3, -0.25) is 4.98 Å². The van der Waals surface area contributed by atoms with Gasteiger partial charge in [0.15, 0.2) is 10.3 Å². The Labute approximate surface area is 122 Å². The number of pyridine rings is 1. The predicted molar refractivity (Wildman–Crippen MR) is 76.5 cm³/mol. The van der Waals surface area contributed by atoms with Crippen LogP contribution in [0.25, 0.3) is 10.6 Å². The van der Waals surface area contributed by atoms with Crippen molar-refractivity contribution in [3.63, 3.8) is 0 Å². The maximum atomic E-state index is 6.15. The van der Waals surface area contributed by atoms with Crippen LogP contribution in [-0.4, -0.2) is 19.9 Å². The molecule has 0 radical (unpaired) electrons. The van der Waals surface area contributed by atoms with Crippen LogP contribution >= 0.6 is 34.7 Å². The fraction of sp³-hybridized carbons (Fsp3) is 0. The lowest BCUT2D eigenvalue weighted by atomic mass is 10.3. The van der Waals surface area contributed by atoms with E-state index in [0.29, 0.717) is 10.3 Å². The molecule has 0 aliphatic carbocycles. The fourth-order valence-electron chi connectivity index (χ4n) is 1.38. The average molecular weight is 307 g/mol. The van der Waals surface area contributed by atoms with Crippen LogP contribution in [0.5, 0.6) is 0 Å². The summed E-state index contributed by atoms with van der Waals surface area (Å²) in [7, 11) is 0. The van der Waals surface area contributed by atoms with Crippen molar-refractivity contribution in [2.45, 2.75) is 9.37 Å². The highest BCUT2D eigenvalue weighted by Crippen LogP contribution is 2.39. The van der Waals surface area contributed by atoms with Gasteiger partial charge in [-0.2, -0.15) is 0 Å². The Kier molecular flexibility index (Phi) is 3.72. The van der Waals surface area contributed by atoms with E-state index < -0.39 is 0 Å². The molecular formula is C12H7ClN4S2. The lowest BCUT2D eigenvalue weighted by molar-refractivity contribution is 0.968. The summed E-state index contributed by atoms with van der Waals surface area (Å²) in [6, 6.07) is 5.60. The van der Waals surface area contributed by atoms with Gasteiger partial charge in [-0.25, -0.2) is 15.0 Å². The summed E-state index contributed by atoms with van der Waals surface area (Å²) in [6.45, 7) is 0. The van der Waals surface area contributed by atoms with Gasteiger partial charge >= 0.3 is 0 Å². The number of nitrogens with zero attached hydrogens (tertiary/aromatic N) is 4. The van der Waals surface area contributed by atoms with Gasteiger partial charge in [-0.05, 0) is 30.0 Å². The molecule has 0 saturated carbocycles. The number of thiazole rings is 1. The normalized spacial score (nSPS) is 10.6. The van der Waals surface area contributed by atoms with Crippen LogP contribution in [0.15, 0.2) is 52.4 Å². The van der Waals surface area contributed by atoms with Crippen molar-refractivity contribution in [3.05, 3.63) is 48.1 Å². The number of aromatic nitrogens is 4. The minimum Gasteiger partial charge on any atom is -0.264 e. The van der Waals surface area contributed by atoms with E-state index in [1.165, 1.54) is 23.1 Å². The number of rotatable bonds is 3. The lowest BCUT2D eigenvalue weighted by Crippen LogP contribution is -1.81. The summed E-state index contributed by atoms with van der Waals surface area (Å²) in [5, 5.41) is 1.98. The van der Waals surface area contributed by atoms with E-state index in [1.807, 2.05) is 12.1 Å². The molecule has 94 valence electrons. The van der Waals surface area contributed by atoms with Crippen LogP contribution in [0.3, 0.4) is 0 Å². The molecule has 0 aromatic carbocycles. The summed E-state index contributed by atoms with van der Waals surface area (Å²) in [5.74, 6) is 0. The Bertz CT molecular complexity index is 673. The molecule has 0 aliphatic rings. The number of halogens is 1. The molecule has 19 heavy (non-hydrogen) atoms. The monoisotopic (exact) mass is 306 g/mol. The first-order valence-corrected chi connectivity index (χ1v) is 7.35. The zero-order chi connectivity index (χ0) is 13.1. The highest BCUT2D eigenvalue weighted by molar-refractivity contribution is 8.01. The molecule has 0 N–H and O–H groups in total. The highest BCUT2D eigenvalue weighted by atomic mass is 35.5. The summed E-state index contributed by atoms with van der Waals surface area (Å²) in [5.41, 5.74) is 0.954. The first kappa shape index (κ1) is 12.5. The summed E-state index contributed by atoms with van der Waals surface area (Å²) in [4.78, 5) is 16.7. The SMILES string of the molecule is Clc1nc(-c2cccnc2)sc1Sc1ncccn1. The minimum absolute atomic E-state index is 0.473. The zero-order valence-electron chi connectivity index (χ0n) is 9.52. The van der Waals surface area contributed by atoms with E-state index in [2.05, 4.69) is 19.9 Å². The second-order valence-corrected chi connectivity index (χ2v) is 6.07. The quantitative estimate of drug-likeness (QED) is 0.689. The third-order valence-corrected chi connectivity index (χ3v) is 4.86. The molecule has 0 fully saturated rings. The molecule has 0 bridgehead atoms. The van der Waals surface area contributed by atoms with E-state index in [4.69, 9.17) is 11.6 Å². The highest BCUT2D eigenvalue weighted by Gasteiger charge is 2.13. The summed E-state index contributed by atoms with van der Waals surface area (Å²) >= 11 is 9.07. The Morgan fingerprint density at radius 2 is 1.95 bits per heavy atom. The second-order valence-electron chi connectivity index (χ2n) is 3.47.